The Kier molecular flexibility index (Phi) is 2.68. The molecule has 0 saturated carbocycles. The summed E-state index contributed by atoms with van der Waals surface area (Å²) in [5.41, 5.74) is 16.8. The van der Waals surface area contributed by atoms with Gasteiger partial charge in [-0.05, 0) is 11.1 Å². The molecule has 0 aromatic heterocycles. The maximum Gasteiger partial charge on any atom is 0.0850 e. The predicted molar refractivity (Wildman–Crippen MR) is 74.1 cm³/mol. The molecule has 1 atom stereocenters. The van der Waals surface area contributed by atoms with E-state index in [-0.39, 0.29) is 0 Å². The number of epoxide rings is 1. The van der Waals surface area contributed by atoms with Gasteiger partial charge >= 0.3 is 0 Å². The fraction of sp³-hybridized carbons (Fsp3) is 0.200. The second-order valence-corrected chi connectivity index (χ2v) is 4.63. The fourth-order valence-corrected chi connectivity index (χ4v) is 2.16. The topological polar surface area (TPSA) is 64.6 Å². The van der Waals surface area contributed by atoms with Crippen LogP contribution in [0, 0.1) is 0 Å². The van der Waals surface area contributed by atoms with E-state index in [0.717, 1.165) is 29.7 Å². The van der Waals surface area contributed by atoms with Crippen LogP contribution < -0.4 is 11.5 Å². The van der Waals surface area contributed by atoms with Crippen molar-refractivity contribution < 1.29 is 4.74 Å². The molecule has 3 heteroatoms. The number of anilines is 2. The van der Waals surface area contributed by atoms with Crippen molar-refractivity contribution in [1.29, 1.82) is 0 Å². The van der Waals surface area contributed by atoms with Crippen LogP contribution in [0.5, 0.6) is 0 Å². The zero-order valence-corrected chi connectivity index (χ0v) is 10.1. The molecule has 1 unspecified atom stereocenters. The Morgan fingerprint density at radius 1 is 1.00 bits per heavy atom. The second-order valence-electron chi connectivity index (χ2n) is 4.63. The van der Waals surface area contributed by atoms with E-state index in [0.29, 0.717) is 17.5 Å². The van der Waals surface area contributed by atoms with E-state index in [9.17, 15) is 0 Å². The maximum absolute atomic E-state index is 6.15. The molecule has 0 radical (unpaired) electrons. The SMILES string of the molecule is Nc1c(CC2CO2)ccc(-c2ccccc2)c1N. The molecule has 2 aromatic carbocycles. The smallest absolute Gasteiger partial charge is 0.0850 e. The summed E-state index contributed by atoms with van der Waals surface area (Å²) >= 11 is 0. The lowest BCUT2D eigenvalue weighted by Crippen LogP contribution is -2.04. The molecule has 1 saturated heterocycles. The average Bonchev–Trinajstić information content (AvgIpc) is 3.20. The summed E-state index contributed by atoms with van der Waals surface area (Å²) in [6, 6.07) is 14.1. The van der Waals surface area contributed by atoms with Gasteiger partial charge in [-0.25, -0.2) is 0 Å². The predicted octanol–water partition coefficient (Wildman–Crippen LogP) is 2.46. The van der Waals surface area contributed by atoms with Gasteiger partial charge < -0.3 is 16.2 Å². The number of ether oxygens (including phenoxy) is 1. The van der Waals surface area contributed by atoms with Crippen molar-refractivity contribution in [2.45, 2.75) is 12.5 Å². The molecule has 0 aliphatic carbocycles. The average molecular weight is 240 g/mol. The normalized spacial score (nSPS) is 17.7. The van der Waals surface area contributed by atoms with E-state index in [2.05, 4.69) is 6.07 Å². The number of nitrogen functional groups attached to an aromatic ring is 2. The third-order valence-electron chi connectivity index (χ3n) is 3.31. The highest BCUT2D eigenvalue weighted by Gasteiger charge is 2.24. The van der Waals surface area contributed by atoms with Gasteiger partial charge in [0, 0.05) is 12.0 Å². The van der Waals surface area contributed by atoms with Crippen molar-refractivity contribution >= 4 is 11.4 Å². The Morgan fingerprint density at radius 2 is 1.72 bits per heavy atom. The Balaban J connectivity index is 1.99. The van der Waals surface area contributed by atoms with Crippen LogP contribution >= 0.6 is 0 Å². The van der Waals surface area contributed by atoms with Gasteiger partial charge in [-0.3, -0.25) is 0 Å². The van der Waals surface area contributed by atoms with Gasteiger partial charge in [0.1, 0.15) is 0 Å². The van der Waals surface area contributed by atoms with Gasteiger partial charge in [-0.1, -0.05) is 42.5 Å². The molecule has 0 bridgehead atoms. The Bertz CT molecular complexity index is 562. The Hall–Kier alpha value is -2.00. The first-order valence-electron chi connectivity index (χ1n) is 6.09. The zero-order chi connectivity index (χ0) is 12.5. The zero-order valence-electron chi connectivity index (χ0n) is 10.1. The van der Waals surface area contributed by atoms with Crippen LogP contribution in [0.25, 0.3) is 11.1 Å². The summed E-state index contributed by atoms with van der Waals surface area (Å²) in [5.74, 6) is 0. The van der Waals surface area contributed by atoms with E-state index in [4.69, 9.17) is 16.2 Å². The molecule has 1 aliphatic heterocycles. The van der Waals surface area contributed by atoms with Crippen LogP contribution in [0.3, 0.4) is 0 Å². The van der Waals surface area contributed by atoms with Gasteiger partial charge in [0.05, 0.1) is 24.1 Å². The lowest BCUT2D eigenvalue weighted by Gasteiger charge is -2.12. The summed E-state index contributed by atoms with van der Waals surface area (Å²) < 4.78 is 5.23. The summed E-state index contributed by atoms with van der Waals surface area (Å²) in [4.78, 5) is 0. The minimum atomic E-state index is 0.328. The molecule has 92 valence electrons. The number of benzene rings is 2. The van der Waals surface area contributed by atoms with E-state index in [1.54, 1.807) is 0 Å². The fourth-order valence-electron chi connectivity index (χ4n) is 2.16. The third-order valence-corrected chi connectivity index (χ3v) is 3.31. The Labute approximate surface area is 106 Å². The third kappa shape index (κ3) is 2.05. The molecular formula is C15H16N2O. The molecule has 0 amide bonds. The van der Waals surface area contributed by atoms with Gasteiger partial charge in [0.15, 0.2) is 0 Å². The van der Waals surface area contributed by atoms with Crippen LogP contribution in [0.4, 0.5) is 11.4 Å². The van der Waals surface area contributed by atoms with Crippen molar-refractivity contribution in [2.24, 2.45) is 0 Å². The quantitative estimate of drug-likeness (QED) is 0.639. The van der Waals surface area contributed by atoms with E-state index in [1.165, 1.54) is 0 Å². The Morgan fingerprint density at radius 3 is 2.39 bits per heavy atom. The van der Waals surface area contributed by atoms with Crippen molar-refractivity contribution in [2.75, 3.05) is 18.1 Å². The molecule has 1 aliphatic rings. The highest BCUT2D eigenvalue weighted by Crippen LogP contribution is 2.34. The van der Waals surface area contributed by atoms with Gasteiger partial charge in [0.2, 0.25) is 0 Å². The van der Waals surface area contributed by atoms with Crippen LogP contribution in [0.15, 0.2) is 42.5 Å². The summed E-state index contributed by atoms with van der Waals surface area (Å²) in [5, 5.41) is 0. The van der Waals surface area contributed by atoms with Gasteiger partial charge in [-0.15, -0.1) is 0 Å². The molecule has 0 spiro atoms. The molecule has 3 nitrogen and oxygen atoms in total. The molecule has 18 heavy (non-hydrogen) atoms. The first-order valence-corrected chi connectivity index (χ1v) is 6.09. The van der Waals surface area contributed by atoms with Crippen LogP contribution in [0.2, 0.25) is 0 Å². The largest absolute Gasteiger partial charge is 0.397 e. The van der Waals surface area contributed by atoms with Crippen LogP contribution in [-0.2, 0) is 11.2 Å². The highest BCUT2D eigenvalue weighted by molar-refractivity contribution is 5.86. The van der Waals surface area contributed by atoms with E-state index < -0.39 is 0 Å². The minimum absolute atomic E-state index is 0.328. The number of hydrogen-bond donors (Lipinski definition) is 2. The van der Waals surface area contributed by atoms with Crippen LogP contribution in [-0.4, -0.2) is 12.7 Å². The summed E-state index contributed by atoms with van der Waals surface area (Å²) in [6.45, 7) is 0.833. The highest BCUT2D eigenvalue weighted by atomic mass is 16.6. The molecule has 3 rings (SSSR count). The second kappa shape index (κ2) is 4.35. The molecule has 1 heterocycles. The number of rotatable bonds is 3. The maximum atomic E-state index is 6.15. The first kappa shape index (κ1) is 11.1. The van der Waals surface area contributed by atoms with Crippen molar-refractivity contribution in [1.82, 2.24) is 0 Å². The van der Waals surface area contributed by atoms with Crippen molar-refractivity contribution in [3.8, 4) is 11.1 Å². The van der Waals surface area contributed by atoms with Gasteiger partial charge in [0.25, 0.3) is 0 Å². The lowest BCUT2D eigenvalue weighted by atomic mass is 9.98. The van der Waals surface area contributed by atoms with E-state index >= 15 is 0 Å². The first-order chi connectivity index (χ1) is 8.75. The minimum Gasteiger partial charge on any atom is -0.397 e. The summed E-state index contributed by atoms with van der Waals surface area (Å²) in [6.07, 6.45) is 1.18. The number of hydrogen-bond acceptors (Lipinski definition) is 3. The summed E-state index contributed by atoms with van der Waals surface area (Å²) in [7, 11) is 0. The molecule has 2 aromatic rings. The van der Waals surface area contributed by atoms with Crippen molar-refractivity contribution in [3.05, 3.63) is 48.0 Å². The molecule has 1 fully saturated rings. The van der Waals surface area contributed by atoms with Gasteiger partial charge in [-0.2, -0.15) is 0 Å². The lowest BCUT2D eigenvalue weighted by molar-refractivity contribution is 0.408. The van der Waals surface area contributed by atoms with Crippen LogP contribution in [0.1, 0.15) is 5.56 Å². The molecule has 4 N–H and O–H groups in total. The number of nitrogens with two attached hydrogens (primary N) is 2. The monoisotopic (exact) mass is 240 g/mol. The van der Waals surface area contributed by atoms with E-state index in [1.807, 2.05) is 36.4 Å². The molecular weight excluding hydrogens is 224 g/mol. The standard InChI is InChI=1S/C15H16N2O/c16-14-11(8-12-9-18-12)6-7-13(15(14)17)10-4-2-1-3-5-10/h1-7,12H,8-9,16-17H2. The van der Waals surface area contributed by atoms with Crippen molar-refractivity contribution in [3.63, 3.8) is 0 Å².